The minimum Gasteiger partial charge on any atom is -0.507 e. The molecule has 1 heterocycles. The molecule has 1 aliphatic carbocycles. The molecule has 0 bridgehead atoms. The first-order valence-corrected chi connectivity index (χ1v) is 10.3. The van der Waals surface area contributed by atoms with Gasteiger partial charge in [0.05, 0.1) is 11.0 Å². The molecule has 3 rings (SSSR count). The largest absolute Gasteiger partial charge is 0.507 e. The number of benzene rings is 1. The summed E-state index contributed by atoms with van der Waals surface area (Å²) in [4.78, 5) is 2.08. The van der Waals surface area contributed by atoms with Crippen molar-refractivity contribution in [3.05, 3.63) is 70.4 Å². The third-order valence-electron chi connectivity index (χ3n) is 5.09. The zero-order valence-corrected chi connectivity index (χ0v) is 16.3. The van der Waals surface area contributed by atoms with E-state index in [9.17, 15) is 10.2 Å². The number of thiophene rings is 1. The molecule has 0 radical (unpaired) electrons. The summed E-state index contributed by atoms with van der Waals surface area (Å²) in [5.41, 5.74) is 1.15. The van der Waals surface area contributed by atoms with Crippen molar-refractivity contribution in [3.8, 4) is 0 Å². The highest BCUT2D eigenvalue weighted by Crippen LogP contribution is 2.40. The highest BCUT2D eigenvalue weighted by Gasteiger charge is 2.39. The van der Waals surface area contributed by atoms with Gasteiger partial charge >= 0.3 is 0 Å². The molecule has 2 N–H and O–H groups in total. The first-order chi connectivity index (χ1) is 12.5. The summed E-state index contributed by atoms with van der Waals surface area (Å²) >= 11 is 8.13. The van der Waals surface area contributed by atoms with Gasteiger partial charge in [-0.3, -0.25) is 0 Å². The molecular weight excluding hydrogens is 364 g/mol. The first-order valence-electron chi connectivity index (χ1n) is 9.07. The maximum absolute atomic E-state index is 10.4. The fraction of sp³-hybridized carbons (Fsp3) is 0.364. The average molecular weight is 389 g/mol. The van der Waals surface area contributed by atoms with E-state index in [0.717, 1.165) is 29.7 Å². The average Bonchev–Trinajstić information content (AvgIpc) is 3.19. The second-order valence-corrected chi connectivity index (χ2v) is 8.66. The Labute approximate surface area is 164 Å². The van der Waals surface area contributed by atoms with Gasteiger partial charge in [0.2, 0.25) is 0 Å². The number of aliphatic hydroxyl groups excluding tert-OH is 2. The molecule has 138 valence electrons. The third kappa shape index (κ3) is 4.79. The van der Waals surface area contributed by atoms with Crippen LogP contribution in [0, 0.1) is 11.8 Å². The summed E-state index contributed by atoms with van der Waals surface area (Å²) in [6, 6.07) is 14.1. The maximum Gasteiger partial charge on any atom is 0.125 e. The van der Waals surface area contributed by atoms with E-state index in [1.165, 1.54) is 4.88 Å². The Balaban J connectivity index is 1.59. The minimum absolute atomic E-state index is 0.0199. The maximum atomic E-state index is 10.4. The zero-order chi connectivity index (χ0) is 18.5. The standard InChI is InChI=1S/C22H25ClO2S/c1-15(24)22-13-11-17(26-22)8-5-9-18-19(21(25)14-20(18)23)12-10-16-6-3-2-4-7-16/h2-4,6-7,10-13,18-21,24-25H,1,5,8-9,14H2/b12-10-/t18-,19-,20-,21-/m1/s1. The summed E-state index contributed by atoms with van der Waals surface area (Å²) in [7, 11) is 0. The van der Waals surface area contributed by atoms with Gasteiger partial charge in [0.1, 0.15) is 5.76 Å². The Morgan fingerprint density at radius 1 is 1.23 bits per heavy atom. The van der Waals surface area contributed by atoms with E-state index < -0.39 is 0 Å². The summed E-state index contributed by atoms with van der Waals surface area (Å²) < 4.78 is 0. The molecule has 1 aromatic carbocycles. The summed E-state index contributed by atoms with van der Waals surface area (Å²) in [5.74, 6) is 0.528. The van der Waals surface area contributed by atoms with Crippen LogP contribution in [-0.2, 0) is 6.42 Å². The van der Waals surface area contributed by atoms with Gasteiger partial charge in [-0.2, -0.15) is 0 Å². The molecule has 0 saturated heterocycles. The Morgan fingerprint density at radius 2 is 2.00 bits per heavy atom. The number of alkyl halides is 1. The Hall–Kier alpha value is -1.55. The van der Waals surface area contributed by atoms with Crippen LogP contribution in [0.4, 0.5) is 0 Å². The Bertz CT molecular complexity index is 753. The van der Waals surface area contributed by atoms with E-state index in [1.807, 2.05) is 24.3 Å². The molecule has 26 heavy (non-hydrogen) atoms. The van der Waals surface area contributed by atoms with Crippen molar-refractivity contribution in [2.24, 2.45) is 11.8 Å². The second kappa shape index (κ2) is 8.90. The van der Waals surface area contributed by atoms with E-state index in [1.54, 1.807) is 11.3 Å². The molecule has 2 nitrogen and oxygen atoms in total. The van der Waals surface area contributed by atoms with Gasteiger partial charge in [-0.05, 0) is 49.3 Å². The fourth-order valence-electron chi connectivity index (χ4n) is 3.70. The molecular formula is C22H25ClO2S. The van der Waals surface area contributed by atoms with Crippen molar-refractivity contribution in [3.63, 3.8) is 0 Å². The summed E-state index contributed by atoms with van der Waals surface area (Å²) in [5, 5.41) is 19.9. The van der Waals surface area contributed by atoms with Gasteiger partial charge in [-0.25, -0.2) is 0 Å². The van der Waals surface area contributed by atoms with Crippen LogP contribution in [-0.4, -0.2) is 21.7 Å². The summed E-state index contributed by atoms with van der Waals surface area (Å²) in [6.07, 6.45) is 7.48. The lowest BCUT2D eigenvalue weighted by atomic mass is 9.89. The first kappa shape index (κ1) is 19.2. The van der Waals surface area contributed by atoms with Crippen molar-refractivity contribution >= 4 is 34.8 Å². The molecule has 1 aromatic heterocycles. The monoisotopic (exact) mass is 388 g/mol. The topological polar surface area (TPSA) is 40.5 Å². The highest BCUT2D eigenvalue weighted by atomic mass is 35.5. The molecule has 1 fully saturated rings. The van der Waals surface area contributed by atoms with Gasteiger partial charge in [-0.15, -0.1) is 22.9 Å². The molecule has 4 heteroatoms. The van der Waals surface area contributed by atoms with E-state index >= 15 is 0 Å². The number of hydrogen-bond donors (Lipinski definition) is 2. The van der Waals surface area contributed by atoms with Gasteiger partial charge in [-0.1, -0.05) is 49.1 Å². The molecule has 0 unspecified atom stereocenters. The van der Waals surface area contributed by atoms with E-state index in [0.29, 0.717) is 12.3 Å². The van der Waals surface area contributed by atoms with Crippen LogP contribution >= 0.6 is 22.9 Å². The number of aryl methyl sites for hydroxylation is 1. The SMILES string of the molecule is C=C(O)c1ccc(CCC[C@@H]2[C@@H](/C=C\c3ccccc3)[C@H](O)C[C@H]2Cl)s1. The van der Waals surface area contributed by atoms with Crippen LogP contribution in [0.1, 0.15) is 34.6 Å². The van der Waals surface area contributed by atoms with Crippen molar-refractivity contribution in [2.45, 2.75) is 37.2 Å². The normalized spacial score (nSPS) is 25.8. The lowest BCUT2D eigenvalue weighted by Gasteiger charge is -2.20. The summed E-state index contributed by atoms with van der Waals surface area (Å²) in [6.45, 7) is 3.57. The molecule has 0 spiro atoms. The van der Waals surface area contributed by atoms with Crippen molar-refractivity contribution in [1.29, 1.82) is 0 Å². The predicted octanol–water partition coefficient (Wildman–Crippen LogP) is 5.92. The number of aliphatic hydroxyl groups is 2. The fourth-order valence-corrected chi connectivity index (χ4v) is 5.09. The van der Waals surface area contributed by atoms with Gasteiger partial charge < -0.3 is 10.2 Å². The number of hydrogen-bond acceptors (Lipinski definition) is 3. The van der Waals surface area contributed by atoms with Crippen LogP contribution in [0.2, 0.25) is 0 Å². The highest BCUT2D eigenvalue weighted by molar-refractivity contribution is 7.13. The Morgan fingerprint density at radius 3 is 2.69 bits per heavy atom. The van der Waals surface area contributed by atoms with Crippen LogP contribution in [0.3, 0.4) is 0 Å². The quantitative estimate of drug-likeness (QED) is 0.456. The smallest absolute Gasteiger partial charge is 0.125 e. The van der Waals surface area contributed by atoms with Gasteiger partial charge in [0, 0.05) is 16.2 Å². The van der Waals surface area contributed by atoms with Crippen molar-refractivity contribution < 1.29 is 10.2 Å². The number of halogens is 1. The lowest BCUT2D eigenvalue weighted by molar-refractivity contribution is 0.140. The zero-order valence-electron chi connectivity index (χ0n) is 14.7. The van der Waals surface area contributed by atoms with Crippen molar-refractivity contribution in [2.75, 3.05) is 0 Å². The minimum atomic E-state index is -0.367. The van der Waals surface area contributed by atoms with Crippen LogP contribution in [0.15, 0.2) is 55.1 Å². The molecule has 1 saturated carbocycles. The lowest BCUT2D eigenvalue weighted by Crippen LogP contribution is -2.18. The predicted molar refractivity (Wildman–Crippen MR) is 112 cm³/mol. The van der Waals surface area contributed by atoms with Crippen LogP contribution < -0.4 is 0 Å². The van der Waals surface area contributed by atoms with E-state index in [2.05, 4.69) is 36.9 Å². The van der Waals surface area contributed by atoms with Gasteiger partial charge in [0.25, 0.3) is 0 Å². The van der Waals surface area contributed by atoms with Crippen molar-refractivity contribution in [1.82, 2.24) is 0 Å². The van der Waals surface area contributed by atoms with E-state index in [-0.39, 0.29) is 23.2 Å². The second-order valence-electron chi connectivity index (χ2n) is 6.93. The van der Waals surface area contributed by atoms with Crippen LogP contribution in [0.5, 0.6) is 0 Å². The van der Waals surface area contributed by atoms with Crippen LogP contribution in [0.25, 0.3) is 11.8 Å². The molecule has 0 aliphatic heterocycles. The third-order valence-corrected chi connectivity index (χ3v) is 6.78. The molecule has 1 aliphatic rings. The Kier molecular flexibility index (Phi) is 6.58. The van der Waals surface area contributed by atoms with E-state index in [4.69, 9.17) is 11.6 Å². The number of rotatable bonds is 7. The molecule has 2 aromatic rings. The molecule has 4 atom stereocenters. The van der Waals surface area contributed by atoms with Gasteiger partial charge in [0.15, 0.2) is 0 Å². The molecule has 0 amide bonds.